The Labute approximate surface area is 182 Å². The molecule has 5 rings (SSSR count). The first kappa shape index (κ1) is 19.8. The van der Waals surface area contributed by atoms with Gasteiger partial charge in [-0.1, -0.05) is 78.9 Å². The summed E-state index contributed by atoms with van der Waals surface area (Å²) in [7, 11) is 0. The predicted molar refractivity (Wildman–Crippen MR) is 120 cm³/mol. The maximum absolute atomic E-state index is 12.8. The van der Waals surface area contributed by atoms with E-state index in [-0.39, 0.29) is 24.2 Å². The van der Waals surface area contributed by atoms with Crippen molar-refractivity contribution in [2.24, 2.45) is 0 Å². The summed E-state index contributed by atoms with van der Waals surface area (Å²) in [5.74, 6) is 0.0737. The maximum atomic E-state index is 12.8. The second kappa shape index (κ2) is 7.84. The van der Waals surface area contributed by atoms with Gasteiger partial charge in [0.05, 0.1) is 18.5 Å². The van der Waals surface area contributed by atoms with Crippen molar-refractivity contribution in [1.82, 2.24) is 5.32 Å². The van der Waals surface area contributed by atoms with Gasteiger partial charge >= 0.3 is 6.09 Å². The van der Waals surface area contributed by atoms with Crippen LogP contribution in [0.2, 0.25) is 0 Å². The van der Waals surface area contributed by atoms with Crippen LogP contribution in [0.15, 0.2) is 84.9 Å². The van der Waals surface area contributed by atoms with Crippen LogP contribution in [0.4, 0.5) is 10.5 Å². The smallest absolute Gasteiger partial charge is 0.415 e. The van der Waals surface area contributed by atoms with E-state index in [4.69, 9.17) is 4.74 Å². The van der Waals surface area contributed by atoms with Gasteiger partial charge in [0, 0.05) is 12.0 Å². The van der Waals surface area contributed by atoms with Gasteiger partial charge in [-0.25, -0.2) is 4.79 Å². The molecule has 31 heavy (non-hydrogen) atoms. The molecule has 3 aromatic carbocycles. The first-order valence-electron chi connectivity index (χ1n) is 10.8. The first-order valence-corrected chi connectivity index (χ1v) is 10.8. The van der Waals surface area contributed by atoms with Gasteiger partial charge in [0.1, 0.15) is 5.60 Å². The van der Waals surface area contributed by atoms with Crippen molar-refractivity contribution < 1.29 is 14.6 Å². The number of carbonyl (C=O) groups excluding carboxylic acids is 1. The first-order chi connectivity index (χ1) is 15.1. The van der Waals surface area contributed by atoms with E-state index >= 15 is 0 Å². The van der Waals surface area contributed by atoms with Crippen LogP contribution in [0.25, 0.3) is 0 Å². The van der Waals surface area contributed by atoms with E-state index in [0.717, 1.165) is 22.4 Å². The quantitative estimate of drug-likeness (QED) is 0.666. The SMILES string of the molecule is CCOC(=O)N1c2ccccc2C2C[C@@H](C(O)(c3ccccc3)c3ccccc3)N[C@H]21. The van der Waals surface area contributed by atoms with E-state index in [1.807, 2.05) is 85.8 Å². The second-order valence-electron chi connectivity index (χ2n) is 8.13. The molecule has 2 aliphatic heterocycles. The molecule has 158 valence electrons. The molecular formula is C26H26N2O3. The Morgan fingerprint density at radius 1 is 1.00 bits per heavy atom. The molecule has 1 saturated heterocycles. The number of hydrogen-bond donors (Lipinski definition) is 2. The number of nitrogens with zero attached hydrogens (tertiary/aromatic N) is 1. The van der Waals surface area contributed by atoms with Gasteiger partial charge in [0.25, 0.3) is 0 Å². The van der Waals surface area contributed by atoms with Crippen molar-refractivity contribution in [3.63, 3.8) is 0 Å². The van der Waals surface area contributed by atoms with Gasteiger partial charge in [-0.2, -0.15) is 0 Å². The van der Waals surface area contributed by atoms with E-state index in [0.29, 0.717) is 13.0 Å². The van der Waals surface area contributed by atoms with Gasteiger partial charge in [0.15, 0.2) is 0 Å². The average Bonchev–Trinajstić information content (AvgIpc) is 3.37. The molecule has 3 atom stereocenters. The van der Waals surface area contributed by atoms with Crippen LogP contribution in [0.5, 0.6) is 0 Å². The van der Waals surface area contributed by atoms with Gasteiger partial charge in [-0.15, -0.1) is 0 Å². The maximum Gasteiger partial charge on any atom is 0.415 e. The standard InChI is InChI=1S/C26H26N2O3/c1-2-31-25(29)28-22-16-10-9-15-20(22)21-17-23(27-24(21)28)26(30,18-11-5-3-6-12-18)19-13-7-4-8-14-19/h3-16,21,23-24,27,30H,2,17H2,1H3/t21?,23-,24-/m0/s1. The fourth-order valence-electron chi connectivity index (χ4n) is 5.14. The zero-order valence-corrected chi connectivity index (χ0v) is 17.4. The Morgan fingerprint density at radius 2 is 1.58 bits per heavy atom. The molecule has 0 bridgehead atoms. The third-order valence-corrected chi connectivity index (χ3v) is 6.51. The normalized spacial score (nSPS) is 22.1. The monoisotopic (exact) mass is 414 g/mol. The van der Waals surface area contributed by atoms with Crippen LogP contribution in [0.1, 0.15) is 36.0 Å². The van der Waals surface area contributed by atoms with Gasteiger partial charge in [-0.3, -0.25) is 10.2 Å². The number of aliphatic hydroxyl groups is 1. The molecule has 0 radical (unpaired) electrons. The summed E-state index contributed by atoms with van der Waals surface area (Å²) in [6.07, 6.45) is 0.0664. The number of hydrogen-bond acceptors (Lipinski definition) is 4. The van der Waals surface area contributed by atoms with E-state index in [1.54, 1.807) is 4.90 Å². The van der Waals surface area contributed by atoms with Crippen LogP contribution >= 0.6 is 0 Å². The molecule has 5 heteroatoms. The summed E-state index contributed by atoms with van der Waals surface area (Å²) in [4.78, 5) is 14.6. The molecule has 0 aliphatic carbocycles. The Hall–Kier alpha value is -3.15. The van der Waals surface area contributed by atoms with Gasteiger partial charge in [0.2, 0.25) is 0 Å². The predicted octanol–water partition coefficient (Wildman–Crippen LogP) is 4.37. The summed E-state index contributed by atoms with van der Waals surface area (Å²) >= 11 is 0. The number of nitrogens with one attached hydrogen (secondary N) is 1. The number of para-hydroxylation sites is 1. The lowest BCUT2D eigenvalue weighted by Crippen LogP contribution is -2.53. The Kier molecular flexibility index (Phi) is 5.00. The van der Waals surface area contributed by atoms with Crippen LogP contribution < -0.4 is 10.2 Å². The van der Waals surface area contributed by atoms with Crippen molar-refractivity contribution in [3.8, 4) is 0 Å². The number of ether oxygens (including phenoxy) is 1. The number of anilines is 1. The summed E-state index contributed by atoms with van der Waals surface area (Å²) < 4.78 is 5.37. The minimum absolute atomic E-state index is 0.0737. The molecule has 0 aromatic heterocycles. The van der Waals surface area contributed by atoms with E-state index in [1.165, 1.54) is 0 Å². The summed E-state index contributed by atoms with van der Waals surface area (Å²) in [6, 6.07) is 27.2. The summed E-state index contributed by atoms with van der Waals surface area (Å²) in [5.41, 5.74) is 2.41. The molecule has 2 aliphatic rings. The Balaban J connectivity index is 1.57. The highest BCUT2D eigenvalue weighted by Crippen LogP contribution is 2.49. The van der Waals surface area contributed by atoms with E-state index in [9.17, 15) is 9.90 Å². The minimum Gasteiger partial charge on any atom is -0.449 e. The topological polar surface area (TPSA) is 61.8 Å². The minimum atomic E-state index is -1.23. The van der Waals surface area contributed by atoms with Crippen molar-refractivity contribution in [3.05, 3.63) is 102 Å². The van der Waals surface area contributed by atoms with Crippen LogP contribution in [-0.2, 0) is 10.3 Å². The lowest BCUT2D eigenvalue weighted by atomic mass is 9.78. The number of amides is 1. The third kappa shape index (κ3) is 3.12. The van der Waals surface area contributed by atoms with Crippen LogP contribution in [0, 0.1) is 0 Å². The van der Waals surface area contributed by atoms with Gasteiger partial charge < -0.3 is 9.84 Å². The highest BCUT2D eigenvalue weighted by Gasteiger charge is 2.54. The van der Waals surface area contributed by atoms with Gasteiger partial charge in [-0.05, 0) is 36.1 Å². The molecule has 0 spiro atoms. The fourth-order valence-corrected chi connectivity index (χ4v) is 5.14. The second-order valence-corrected chi connectivity index (χ2v) is 8.13. The van der Waals surface area contributed by atoms with Crippen molar-refractivity contribution in [2.45, 2.75) is 37.1 Å². The summed E-state index contributed by atoms with van der Waals surface area (Å²) in [5, 5.41) is 15.8. The largest absolute Gasteiger partial charge is 0.449 e. The van der Waals surface area contributed by atoms with Crippen molar-refractivity contribution >= 4 is 11.8 Å². The Bertz CT molecular complexity index is 1030. The Morgan fingerprint density at radius 3 is 2.19 bits per heavy atom. The van der Waals surface area contributed by atoms with Crippen molar-refractivity contribution in [2.75, 3.05) is 11.5 Å². The molecule has 2 heterocycles. The number of fused-ring (bicyclic) bond motifs is 3. The molecule has 3 aromatic rings. The molecule has 1 unspecified atom stereocenters. The molecule has 0 saturated carbocycles. The van der Waals surface area contributed by atoms with E-state index in [2.05, 4.69) is 11.4 Å². The van der Waals surface area contributed by atoms with E-state index < -0.39 is 5.60 Å². The highest BCUT2D eigenvalue weighted by molar-refractivity contribution is 5.92. The molecule has 5 nitrogen and oxygen atoms in total. The fraction of sp³-hybridized carbons (Fsp3) is 0.269. The zero-order chi connectivity index (χ0) is 21.4. The van der Waals surface area contributed by atoms with Crippen LogP contribution in [-0.4, -0.2) is 30.0 Å². The lowest BCUT2D eigenvalue weighted by molar-refractivity contribution is 0.0419. The molecule has 2 N–H and O–H groups in total. The third-order valence-electron chi connectivity index (χ3n) is 6.51. The van der Waals surface area contributed by atoms with Crippen LogP contribution in [0.3, 0.4) is 0 Å². The average molecular weight is 415 g/mol. The lowest BCUT2D eigenvalue weighted by Gasteiger charge is -2.37. The van der Waals surface area contributed by atoms with Crippen molar-refractivity contribution in [1.29, 1.82) is 0 Å². The number of carbonyl (C=O) groups is 1. The highest BCUT2D eigenvalue weighted by atomic mass is 16.6. The zero-order valence-electron chi connectivity index (χ0n) is 17.4. The number of benzene rings is 3. The molecule has 1 amide bonds. The summed E-state index contributed by atoms with van der Waals surface area (Å²) in [6.45, 7) is 2.13. The number of rotatable bonds is 4. The molecular weight excluding hydrogens is 388 g/mol. The molecule has 1 fully saturated rings.